The molecule has 3 aromatic rings. The van der Waals surface area contributed by atoms with Gasteiger partial charge in [-0.2, -0.15) is 5.26 Å². The summed E-state index contributed by atoms with van der Waals surface area (Å²) in [5.41, 5.74) is 7.57. The number of piperazine rings is 1. The molecule has 57 heavy (non-hydrogen) atoms. The van der Waals surface area contributed by atoms with Crippen LogP contribution in [0.4, 0.5) is 11.5 Å². The van der Waals surface area contributed by atoms with Gasteiger partial charge in [-0.05, 0) is 93.3 Å². The normalized spacial score (nSPS) is 23.5. The number of amides is 5. The van der Waals surface area contributed by atoms with Crippen LogP contribution in [0, 0.1) is 17.2 Å². The van der Waals surface area contributed by atoms with Crippen molar-refractivity contribution < 1.29 is 28.7 Å². The fourth-order valence-electron chi connectivity index (χ4n) is 9.03. The topological polar surface area (TPSA) is 173 Å². The number of carbonyl (C=O) groups excluding carboxylic acids is 5. The molecule has 296 valence electrons. The number of nitrogens with zero attached hydrogens (tertiary/aromatic N) is 7. The maximum Gasteiger partial charge on any atom is 0.262 e. The summed E-state index contributed by atoms with van der Waals surface area (Å²) in [6, 6.07) is 14.5. The Kier molecular flexibility index (Phi) is 10.9. The van der Waals surface area contributed by atoms with Gasteiger partial charge < -0.3 is 20.3 Å². The molecule has 5 amide bonds. The zero-order chi connectivity index (χ0) is 39.8. The van der Waals surface area contributed by atoms with Gasteiger partial charge in [-0.3, -0.25) is 38.7 Å². The number of rotatable bonds is 9. The number of primary amides is 1. The molecule has 1 aromatic heterocycles. The number of aromatic nitrogens is 1. The summed E-state index contributed by atoms with van der Waals surface area (Å²) in [6.07, 6.45) is 5.94. The number of hydrogen-bond acceptors (Lipinski definition) is 11. The van der Waals surface area contributed by atoms with E-state index in [0.29, 0.717) is 59.1 Å². The molecule has 14 nitrogen and oxygen atoms in total. The first kappa shape index (κ1) is 38.4. The van der Waals surface area contributed by atoms with E-state index in [1.54, 1.807) is 36.4 Å². The van der Waals surface area contributed by atoms with Gasteiger partial charge in [0.1, 0.15) is 23.7 Å². The molecular formula is C42H45ClN8O6. The van der Waals surface area contributed by atoms with Gasteiger partial charge in [0, 0.05) is 76.2 Å². The Morgan fingerprint density at radius 1 is 0.825 bits per heavy atom. The smallest absolute Gasteiger partial charge is 0.262 e. The number of halogens is 1. The molecule has 1 atom stereocenters. The largest absolute Gasteiger partial charge is 0.490 e. The third-order valence-corrected chi connectivity index (χ3v) is 12.5. The van der Waals surface area contributed by atoms with Crippen molar-refractivity contribution in [3.05, 3.63) is 82.0 Å². The van der Waals surface area contributed by atoms with Gasteiger partial charge in [-0.15, -0.1) is 0 Å². The molecule has 5 heterocycles. The van der Waals surface area contributed by atoms with Gasteiger partial charge in [-0.1, -0.05) is 11.6 Å². The number of carbonyl (C=O) groups is 5. The molecule has 5 aliphatic rings. The summed E-state index contributed by atoms with van der Waals surface area (Å²) in [5.74, 6) is -0.264. The number of fused-ring (bicyclic) bond motifs is 1. The van der Waals surface area contributed by atoms with Crippen molar-refractivity contribution in [1.82, 2.24) is 19.7 Å². The van der Waals surface area contributed by atoms with E-state index in [4.69, 9.17) is 27.3 Å². The monoisotopic (exact) mass is 792 g/mol. The van der Waals surface area contributed by atoms with Crippen LogP contribution in [0.25, 0.3) is 0 Å². The van der Waals surface area contributed by atoms with Crippen molar-refractivity contribution in [2.75, 3.05) is 55.6 Å². The van der Waals surface area contributed by atoms with Crippen LogP contribution in [-0.2, 0) is 9.59 Å². The zero-order valence-corrected chi connectivity index (χ0v) is 32.4. The highest BCUT2D eigenvalue weighted by molar-refractivity contribution is 6.31. The van der Waals surface area contributed by atoms with Gasteiger partial charge in [0.15, 0.2) is 0 Å². The minimum atomic E-state index is -1.04. The number of nitriles is 1. The summed E-state index contributed by atoms with van der Waals surface area (Å²) in [7, 11) is 0. The number of nitrogens with two attached hydrogens (primary N) is 1. The highest BCUT2D eigenvalue weighted by Crippen LogP contribution is 2.35. The molecule has 2 N–H and O–H groups in total. The molecule has 15 heteroatoms. The number of anilines is 2. The van der Waals surface area contributed by atoms with E-state index in [9.17, 15) is 24.0 Å². The highest BCUT2D eigenvalue weighted by Gasteiger charge is 2.49. The van der Waals surface area contributed by atoms with E-state index >= 15 is 0 Å². The Labute approximate surface area is 336 Å². The Morgan fingerprint density at radius 2 is 1.56 bits per heavy atom. The minimum absolute atomic E-state index is 0.0715. The van der Waals surface area contributed by atoms with Crippen molar-refractivity contribution in [2.24, 2.45) is 11.7 Å². The second kappa shape index (κ2) is 16.1. The van der Waals surface area contributed by atoms with Crippen molar-refractivity contribution in [3.63, 3.8) is 0 Å². The lowest BCUT2D eigenvalue weighted by Gasteiger charge is -2.41. The highest BCUT2D eigenvalue weighted by atomic mass is 35.5. The first-order valence-corrected chi connectivity index (χ1v) is 20.2. The van der Waals surface area contributed by atoms with E-state index in [-0.39, 0.29) is 36.5 Å². The number of imide groups is 2. The molecule has 4 fully saturated rings. The maximum atomic E-state index is 14.0. The van der Waals surface area contributed by atoms with E-state index in [0.717, 1.165) is 75.1 Å². The van der Waals surface area contributed by atoms with E-state index in [1.807, 2.05) is 18.2 Å². The van der Waals surface area contributed by atoms with Gasteiger partial charge in [0.05, 0.1) is 33.4 Å². The van der Waals surface area contributed by atoms with Crippen molar-refractivity contribution >= 4 is 52.6 Å². The number of pyridine rings is 1. The quantitative estimate of drug-likeness (QED) is 0.307. The van der Waals surface area contributed by atoms with Crippen LogP contribution in [0.5, 0.6) is 5.75 Å². The molecule has 1 saturated carbocycles. The first-order chi connectivity index (χ1) is 27.6. The standard InChI is InChI=1S/C42H45ClN8O6/c43-35-22-32(6-1-27(35)23-44)57-31-7-3-29(4-8-31)50-38(52)12-10-36(42(50)56)51-40(54)33-9-5-30(21-34(33)41(51)55)48-19-17-47(18-20-48)25-26-13-15-49(16-14-26)37-11-2-28(24-46-37)39(45)53/h1-2,5-6,9,11,21-22,24,26,29,31,36H,3-4,7-8,10,12-20,25H2,(H2,45,53). The summed E-state index contributed by atoms with van der Waals surface area (Å²) in [6.45, 7) is 6.15. The molecule has 0 radical (unpaired) electrons. The third-order valence-electron chi connectivity index (χ3n) is 12.2. The Hall–Kier alpha value is -5.52. The summed E-state index contributed by atoms with van der Waals surface area (Å²) in [5, 5.41) is 9.46. The number of piperidine rings is 2. The predicted molar refractivity (Wildman–Crippen MR) is 211 cm³/mol. The predicted octanol–water partition coefficient (Wildman–Crippen LogP) is 4.25. The van der Waals surface area contributed by atoms with Crippen molar-refractivity contribution in [1.29, 1.82) is 5.26 Å². The second-order valence-corrected chi connectivity index (χ2v) is 16.1. The van der Waals surface area contributed by atoms with Crippen molar-refractivity contribution in [2.45, 2.75) is 69.6 Å². The first-order valence-electron chi connectivity index (χ1n) is 19.8. The van der Waals surface area contributed by atoms with Crippen LogP contribution in [0.1, 0.15) is 88.0 Å². The second-order valence-electron chi connectivity index (χ2n) is 15.7. The van der Waals surface area contributed by atoms with Crippen LogP contribution in [0.3, 0.4) is 0 Å². The van der Waals surface area contributed by atoms with Gasteiger partial charge in [-0.25, -0.2) is 4.98 Å². The SMILES string of the molecule is N#Cc1ccc(OC2CCC(N3C(=O)CCC(N4C(=O)c5ccc(N6CCN(CC7CCN(c8ccc(C(N)=O)cn8)CC7)CC6)cc5C4=O)C3=O)CC2)cc1Cl. The van der Waals surface area contributed by atoms with Gasteiger partial charge in [0.2, 0.25) is 11.8 Å². The van der Waals surface area contributed by atoms with E-state index < -0.39 is 29.7 Å². The molecular weight excluding hydrogens is 748 g/mol. The average Bonchev–Trinajstić information content (AvgIpc) is 3.47. The Bertz CT molecular complexity index is 2120. The minimum Gasteiger partial charge on any atom is -0.490 e. The number of ether oxygens (including phenoxy) is 1. The average molecular weight is 793 g/mol. The van der Waals surface area contributed by atoms with Crippen LogP contribution in [0.15, 0.2) is 54.7 Å². The molecule has 0 bridgehead atoms. The van der Waals surface area contributed by atoms with Gasteiger partial charge in [0.25, 0.3) is 17.7 Å². The van der Waals surface area contributed by atoms with Crippen LogP contribution >= 0.6 is 11.6 Å². The van der Waals surface area contributed by atoms with Crippen molar-refractivity contribution in [3.8, 4) is 11.8 Å². The molecule has 1 unspecified atom stereocenters. The van der Waals surface area contributed by atoms with E-state index in [1.165, 1.54) is 11.1 Å². The van der Waals surface area contributed by atoms with Crippen LogP contribution < -0.4 is 20.3 Å². The fourth-order valence-corrected chi connectivity index (χ4v) is 9.24. The molecule has 2 aromatic carbocycles. The fraction of sp³-hybridized carbons (Fsp3) is 0.452. The number of benzene rings is 2. The van der Waals surface area contributed by atoms with Crippen LogP contribution in [0.2, 0.25) is 5.02 Å². The lowest BCUT2D eigenvalue weighted by atomic mass is 9.89. The number of hydrogen-bond donors (Lipinski definition) is 1. The lowest BCUT2D eigenvalue weighted by molar-refractivity contribution is -0.155. The Balaban J connectivity index is 0.837. The lowest BCUT2D eigenvalue weighted by Crippen LogP contribution is -2.59. The molecule has 1 aliphatic carbocycles. The zero-order valence-electron chi connectivity index (χ0n) is 31.6. The summed E-state index contributed by atoms with van der Waals surface area (Å²) < 4.78 is 6.11. The number of likely N-dealkylation sites (tertiary alicyclic amines) is 1. The molecule has 8 rings (SSSR count). The van der Waals surface area contributed by atoms with E-state index in [2.05, 4.69) is 19.7 Å². The Morgan fingerprint density at radius 3 is 2.23 bits per heavy atom. The molecule has 3 saturated heterocycles. The summed E-state index contributed by atoms with van der Waals surface area (Å²) in [4.78, 5) is 80.0. The maximum absolute atomic E-state index is 14.0. The van der Waals surface area contributed by atoms with Crippen LogP contribution in [-0.4, -0.2) is 113 Å². The summed E-state index contributed by atoms with van der Waals surface area (Å²) >= 11 is 6.17. The molecule has 4 aliphatic heterocycles. The molecule has 0 spiro atoms. The third kappa shape index (κ3) is 7.78. The van der Waals surface area contributed by atoms with Gasteiger partial charge >= 0.3 is 0 Å².